The molecule has 0 aliphatic heterocycles. The van der Waals surface area contributed by atoms with E-state index >= 15 is 0 Å². The average Bonchev–Trinajstić information content (AvgIpc) is 2.89. The van der Waals surface area contributed by atoms with Gasteiger partial charge in [-0.3, -0.25) is 0 Å². The van der Waals surface area contributed by atoms with Crippen molar-refractivity contribution in [1.82, 2.24) is 0 Å². The Bertz CT molecular complexity index is 431. The van der Waals surface area contributed by atoms with Gasteiger partial charge in [0.1, 0.15) is 6.07 Å². The number of nitrogens with zero attached hydrogens (tertiary/aromatic N) is 1. The highest BCUT2D eigenvalue weighted by Crippen LogP contribution is 2.21. The van der Waals surface area contributed by atoms with Gasteiger partial charge in [0.25, 0.3) is 0 Å². The van der Waals surface area contributed by atoms with Crippen molar-refractivity contribution >= 4 is 5.69 Å². The predicted molar refractivity (Wildman–Crippen MR) is 72.6 cm³/mol. The van der Waals surface area contributed by atoms with Crippen LogP contribution in [0.15, 0.2) is 18.2 Å². The summed E-state index contributed by atoms with van der Waals surface area (Å²) in [5.41, 5.74) is 2.72. The minimum absolute atomic E-state index is 0.459. The Labute approximate surface area is 109 Å². The van der Waals surface area contributed by atoms with E-state index in [2.05, 4.69) is 11.4 Å². The Kier molecular flexibility index (Phi) is 4.60. The molecule has 0 spiro atoms. The summed E-state index contributed by atoms with van der Waals surface area (Å²) in [6.07, 6.45) is 5.46. The number of nitrogens with one attached hydrogen (secondary N) is 1. The van der Waals surface area contributed by atoms with E-state index in [4.69, 9.17) is 10.00 Å². The second kappa shape index (κ2) is 6.42. The SMILES string of the molecule is Cc1ccc(NCCOC2CCCC2)c(C#N)c1. The Morgan fingerprint density at radius 1 is 1.39 bits per heavy atom. The monoisotopic (exact) mass is 244 g/mol. The quantitative estimate of drug-likeness (QED) is 0.809. The van der Waals surface area contributed by atoms with Crippen LogP contribution in [0.4, 0.5) is 5.69 Å². The summed E-state index contributed by atoms with van der Waals surface area (Å²) >= 11 is 0. The van der Waals surface area contributed by atoms with E-state index < -0.39 is 0 Å². The van der Waals surface area contributed by atoms with Gasteiger partial charge in [0.15, 0.2) is 0 Å². The van der Waals surface area contributed by atoms with Crippen LogP contribution < -0.4 is 5.32 Å². The highest BCUT2D eigenvalue weighted by atomic mass is 16.5. The number of hydrogen-bond donors (Lipinski definition) is 1. The first kappa shape index (κ1) is 12.9. The molecule has 1 aliphatic rings. The number of nitriles is 1. The molecule has 18 heavy (non-hydrogen) atoms. The zero-order valence-corrected chi connectivity index (χ0v) is 10.9. The Morgan fingerprint density at radius 3 is 2.89 bits per heavy atom. The van der Waals surface area contributed by atoms with Gasteiger partial charge in [-0.05, 0) is 37.5 Å². The van der Waals surface area contributed by atoms with Crippen molar-refractivity contribution in [2.24, 2.45) is 0 Å². The summed E-state index contributed by atoms with van der Waals surface area (Å²) in [6.45, 7) is 3.46. The van der Waals surface area contributed by atoms with Crippen LogP contribution in [0, 0.1) is 18.3 Å². The molecule has 0 saturated heterocycles. The van der Waals surface area contributed by atoms with E-state index in [9.17, 15) is 0 Å². The molecule has 0 amide bonds. The summed E-state index contributed by atoms with van der Waals surface area (Å²) < 4.78 is 5.78. The largest absolute Gasteiger partial charge is 0.382 e. The zero-order valence-electron chi connectivity index (χ0n) is 10.9. The molecular formula is C15H20N2O. The van der Waals surface area contributed by atoms with Crippen LogP contribution in [-0.4, -0.2) is 19.3 Å². The minimum Gasteiger partial charge on any atom is -0.382 e. The van der Waals surface area contributed by atoms with Crippen molar-refractivity contribution in [3.05, 3.63) is 29.3 Å². The zero-order chi connectivity index (χ0) is 12.8. The van der Waals surface area contributed by atoms with E-state index in [1.165, 1.54) is 25.7 Å². The molecule has 3 heteroatoms. The Balaban J connectivity index is 1.77. The summed E-state index contributed by atoms with van der Waals surface area (Å²) in [5, 5.41) is 12.3. The van der Waals surface area contributed by atoms with Gasteiger partial charge < -0.3 is 10.1 Å². The number of benzene rings is 1. The van der Waals surface area contributed by atoms with E-state index in [1.54, 1.807) is 0 Å². The minimum atomic E-state index is 0.459. The van der Waals surface area contributed by atoms with Gasteiger partial charge in [-0.1, -0.05) is 18.9 Å². The molecule has 0 aromatic heterocycles. The van der Waals surface area contributed by atoms with E-state index in [0.717, 1.165) is 17.8 Å². The van der Waals surface area contributed by atoms with Crippen LogP contribution in [0.2, 0.25) is 0 Å². The lowest BCUT2D eigenvalue weighted by Crippen LogP contribution is -2.15. The summed E-state index contributed by atoms with van der Waals surface area (Å²) in [6, 6.07) is 8.09. The lowest BCUT2D eigenvalue weighted by atomic mass is 10.1. The third-order valence-corrected chi connectivity index (χ3v) is 3.37. The first-order chi connectivity index (χ1) is 8.79. The van der Waals surface area contributed by atoms with Gasteiger partial charge in [0.2, 0.25) is 0 Å². The van der Waals surface area contributed by atoms with E-state index in [0.29, 0.717) is 18.3 Å². The van der Waals surface area contributed by atoms with Gasteiger partial charge in [0, 0.05) is 6.54 Å². The normalized spacial score (nSPS) is 15.6. The van der Waals surface area contributed by atoms with E-state index in [1.807, 2.05) is 25.1 Å². The standard InChI is InChI=1S/C15H20N2O/c1-12-6-7-15(13(10-12)11-16)17-8-9-18-14-4-2-3-5-14/h6-7,10,14,17H,2-5,8-9H2,1H3. The molecule has 1 saturated carbocycles. The van der Waals surface area contributed by atoms with Crippen LogP contribution in [0.3, 0.4) is 0 Å². The van der Waals surface area contributed by atoms with Crippen LogP contribution in [0.5, 0.6) is 0 Å². The van der Waals surface area contributed by atoms with Crippen LogP contribution in [-0.2, 0) is 4.74 Å². The molecule has 0 bridgehead atoms. The smallest absolute Gasteiger partial charge is 0.101 e. The number of anilines is 1. The first-order valence-electron chi connectivity index (χ1n) is 6.66. The van der Waals surface area contributed by atoms with Crippen molar-refractivity contribution in [2.45, 2.75) is 38.7 Å². The van der Waals surface area contributed by atoms with Crippen molar-refractivity contribution in [1.29, 1.82) is 5.26 Å². The van der Waals surface area contributed by atoms with Crippen molar-refractivity contribution < 1.29 is 4.74 Å². The van der Waals surface area contributed by atoms with Gasteiger partial charge in [-0.15, -0.1) is 0 Å². The fourth-order valence-electron chi connectivity index (χ4n) is 2.37. The maximum Gasteiger partial charge on any atom is 0.101 e. The van der Waals surface area contributed by atoms with Crippen LogP contribution in [0.25, 0.3) is 0 Å². The van der Waals surface area contributed by atoms with Gasteiger partial charge in [-0.2, -0.15) is 5.26 Å². The third kappa shape index (κ3) is 3.48. The maximum absolute atomic E-state index is 9.05. The van der Waals surface area contributed by atoms with Crippen molar-refractivity contribution in [3.63, 3.8) is 0 Å². The molecule has 3 nitrogen and oxygen atoms in total. The second-order valence-electron chi connectivity index (χ2n) is 4.86. The molecule has 0 heterocycles. The fraction of sp³-hybridized carbons (Fsp3) is 0.533. The molecule has 0 atom stereocenters. The lowest BCUT2D eigenvalue weighted by Gasteiger charge is -2.13. The molecule has 1 aromatic carbocycles. The Morgan fingerprint density at radius 2 is 2.17 bits per heavy atom. The second-order valence-corrected chi connectivity index (χ2v) is 4.86. The van der Waals surface area contributed by atoms with Gasteiger partial charge >= 0.3 is 0 Å². The maximum atomic E-state index is 9.05. The van der Waals surface area contributed by atoms with Gasteiger partial charge in [-0.25, -0.2) is 0 Å². The summed E-state index contributed by atoms with van der Waals surface area (Å²) in [4.78, 5) is 0. The molecule has 96 valence electrons. The van der Waals surface area contributed by atoms with Gasteiger partial charge in [0.05, 0.1) is 24.0 Å². The number of hydrogen-bond acceptors (Lipinski definition) is 3. The molecule has 1 fully saturated rings. The Hall–Kier alpha value is -1.53. The number of rotatable bonds is 5. The molecule has 2 rings (SSSR count). The lowest BCUT2D eigenvalue weighted by molar-refractivity contribution is 0.0659. The highest BCUT2D eigenvalue weighted by molar-refractivity contribution is 5.58. The topological polar surface area (TPSA) is 45.0 Å². The number of ether oxygens (including phenoxy) is 1. The highest BCUT2D eigenvalue weighted by Gasteiger charge is 2.14. The van der Waals surface area contributed by atoms with Crippen LogP contribution in [0.1, 0.15) is 36.8 Å². The molecule has 0 unspecified atom stereocenters. The number of aryl methyl sites for hydroxylation is 1. The predicted octanol–water partition coefficient (Wildman–Crippen LogP) is 3.24. The molecular weight excluding hydrogens is 224 g/mol. The molecule has 1 N–H and O–H groups in total. The summed E-state index contributed by atoms with van der Waals surface area (Å²) in [5.74, 6) is 0. The summed E-state index contributed by atoms with van der Waals surface area (Å²) in [7, 11) is 0. The van der Waals surface area contributed by atoms with Crippen molar-refractivity contribution in [2.75, 3.05) is 18.5 Å². The first-order valence-corrected chi connectivity index (χ1v) is 6.66. The van der Waals surface area contributed by atoms with E-state index in [-0.39, 0.29) is 0 Å². The molecule has 0 radical (unpaired) electrons. The molecule has 1 aliphatic carbocycles. The van der Waals surface area contributed by atoms with Crippen molar-refractivity contribution in [3.8, 4) is 6.07 Å². The van der Waals surface area contributed by atoms with Crippen LogP contribution >= 0.6 is 0 Å². The molecule has 1 aromatic rings. The third-order valence-electron chi connectivity index (χ3n) is 3.37. The fourth-order valence-corrected chi connectivity index (χ4v) is 2.37. The average molecular weight is 244 g/mol.